The Balaban J connectivity index is 1.48. The summed E-state index contributed by atoms with van der Waals surface area (Å²) < 4.78 is 0. The normalized spacial score (nSPS) is 14.9. The van der Waals surface area contributed by atoms with Gasteiger partial charge in [0.1, 0.15) is 5.75 Å². The Morgan fingerprint density at radius 1 is 1.17 bits per heavy atom. The molecule has 2 aromatic carbocycles. The third-order valence-corrected chi connectivity index (χ3v) is 6.64. The van der Waals surface area contributed by atoms with Crippen LogP contribution in [0.3, 0.4) is 0 Å². The lowest BCUT2D eigenvalue weighted by Crippen LogP contribution is -2.40. The number of amides is 1. The van der Waals surface area contributed by atoms with Gasteiger partial charge in [0.2, 0.25) is 5.91 Å². The van der Waals surface area contributed by atoms with E-state index in [9.17, 15) is 9.90 Å². The summed E-state index contributed by atoms with van der Waals surface area (Å²) in [4.78, 5) is 16.4. The van der Waals surface area contributed by atoms with Gasteiger partial charge in [0.15, 0.2) is 0 Å². The molecule has 1 aliphatic rings. The zero-order valence-corrected chi connectivity index (χ0v) is 17.5. The van der Waals surface area contributed by atoms with Gasteiger partial charge in [0.25, 0.3) is 0 Å². The van der Waals surface area contributed by atoms with Crippen molar-refractivity contribution >= 4 is 28.8 Å². The quantitative estimate of drug-likeness (QED) is 0.607. The summed E-state index contributed by atoms with van der Waals surface area (Å²) in [5.41, 5.74) is 3.14. The first-order valence-corrected chi connectivity index (χ1v) is 10.9. The summed E-state index contributed by atoms with van der Waals surface area (Å²) in [5.74, 6) is 0.0524. The van der Waals surface area contributed by atoms with E-state index in [1.807, 2.05) is 41.7 Å². The average Bonchev–Trinajstić information content (AvgIpc) is 3.19. The molecule has 1 atom stereocenters. The van der Waals surface area contributed by atoms with E-state index in [0.717, 1.165) is 25.1 Å². The molecule has 2 heterocycles. The summed E-state index contributed by atoms with van der Waals surface area (Å²) >= 11 is 7.90. The molecule has 0 saturated carbocycles. The smallest absolute Gasteiger partial charge is 0.224 e. The molecule has 0 saturated heterocycles. The first-order chi connectivity index (χ1) is 14.1. The second-order valence-electron chi connectivity index (χ2n) is 7.27. The molecule has 4 rings (SSSR count). The van der Waals surface area contributed by atoms with Crippen molar-refractivity contribution in [2.45, 2.75) is 25.4 Å². The van der Waals surface area contributed by atoms with Crippen LogP contribution in [0.25, 0.3) is 0 Å². The molecule has 1 aliphatic heterocycles. The summed E-state index contributed by atoms with van der Waals surface area (Å²) in [6.45, 7) is 2.34. The third-order valence-electron chi connectivity index (χ3n) is 5.37. The van der Waals surface area contributed by atoms with E-state index in [1.54, 1.807) is 18.2 Å². The van der Waals surface area contributed by atoms with E-state index in [-0.39, 0.29) is 24.1 Å². The molecule has 1 amide bonds. The minimum absolute atomic E-state index is 0.0636. The van der Waals surface area contributed by atoms with Crippen molar-refractivity contribution in [1.29, 1.82) is 0 Å². The van der Waals surface area contributed by atoms with Crippen molar-refractivity contribution in [3.05, 3.63) is 86.6 Å². The highest BCUT2D eigenvalue weighted by molar-refractivity contribution is 7.10. The van der Waals surface area contributed by atoms with Crippen molar-refractivity contribution in [2.75, 3.05) is 13.1 Å². The summed E-state index contributed by atoms with van der Waals surface area (Å²) in [5, 5.41) is 15.8. The first-order valence-electron chi connectivity index (χ1n) is 9.68. The number of aromatic hydroxyl groups is 1. The van der Waals surface area contributed by atoms with Crippen molar-refractivity contribution in [2.24, 2.45) is 0 Å². The van der Waals surface area contributed by atoms with Crippen LogP contribution in [0.15, 0.2) is 60.0 Å². The number of benzene rings is 2. The highest BCUT2D eigenvalue weighted by Gasteiger charge is 2.26. The zero-order valence-electron chi connectivity index (χ0n) is 16.0. The predicted octanol–water partition coefficient (Wildman–Crippen LogP) is 4.57. The van der Waals surface area contributed by atoms with Gasteiger partial charge < -0.3 is 10.4 Å². The Labute approximate surface area is 179 Å². The number of phenolic OH excluding ortho intramolecular Hbond substituents is 1. The molecule has 1 aromatic heterocycles. The Morgan fingerprint density at radius 2 is 1.97 bits per heavy atom. The van der Waals surface area contributed by atoms with Gasteiger partial charge in [0, 0.05) is 35.1 Å². The van der Waals surface area contributed by atoms with E-state index in [2.05, 4.69) is 21.7 Å². The van der Waals surface area contributed by atoms with Crippen LogP contribution >= 0.6 is 22.9 Å². The summed E-state index contributed by atoms with van der Waals surface area (Å²) in [6.07, 6.45) is 1.19. The van der Waals surface area contributed by atoms with Crippen molar-refractivity contribution < 1.29 is 9.90 Å². The monoisotopic (exact) mass is 426 g/mol. The number of rotatable bonds is 6. The number of carbonyl (C=O) groups excluding carboxylic acids is 1. The molecule has 4 nitrogen and oxygen atoms in total. The average molecular weight is 427 g/mol. The lowest BCUT2D eigenvalue weighted by Gasteiger charge is -2.35. The number of phenols is 1. The van der Waals surface area contributed by atoms with Crippen LogP contribution in [0.2, 0.25) is 5.02 Å². The molecule has 1 unspecified atom stereocenters. The molecule has 2 N–H and O–H groups in total. The predicted molar refractivity (Wildman–Crippen MR) is 117 cm³/mol. The number of halogens is 1. The standard InChI is InChI=1S/C23H23ClN2O2S/c24-19-7-5-16(6-8-19)20(26-11-9-22-18(15-26)10-12-29-22)14-25-23(28)13-17-3-1-2-4-21(17)27/h1-8,10,12,20,27H,9,11,13-15H2,(H,25,28). The molecular formula is C23H23ClN2O2S. The molecule has 3 aromatic rings. The molecular weight excluding hydrogens is 404 g/mol. The first kappa shape index (κ1) is 20.0. The maximum Gasteiger partial charge on any atom is 0.224 e. The van der Waals surface area contributed by atoms with E-state index < -0.39 is 0 Å². The van der Waals surface area contributed by atoms with E-state index >= 15 is 0 Å². The van der Waals surface area contributed by atoms with E-state index in [0.29, 0.717) is 17.1 Å². The second kappa shape index (κ2) is 8.99. The van der Waals surface area contributed by atoms with Gasteiger partial charge in [-0.3, -0.25) is 9.69 Å². The van der Waals surface area contributed by atoms with Crippen molar-refractivity contribution in [3.8, 4) is 5.75 Å². The minimum atomic E-state index is -0.0984. The van der Waals surface area contributed by atoms with Gasteiger partial charge in [-0.15, -0.1) is 11.3 Å². The van der Waals surface area contributed by atoms with Crippen LogP contribution in [0.5, 0.6) is 5.75 Å². The molecule has 0 radical (unpaired) electrons. The van der Waals surface area contributed by atoms with Crippen LogP contribution in [0.1, 0.15) is 27.6 Å². The molecule has 0 aliphatic carbocycles. The maximum atomic E-state index is 12.5. The van der Waals surface area contributed by atoms with Crippen molar-refractivity contribution in [3.63, 3.8) is 0 Å². The fraction of sp³-hybridized carbons (Fsp3) is 0.261. The maximum absolute atomic E-state index is 12.5. The number of nitrogens with zero attached hydrogens (tertiary/aromatic N) is 1. The third kappa shape index (κ3) is 4.81. The lowest BCUT2D eigenvalue weighted by molar-refractivity contribution is -0.120. The fourth-order valence-corrected chi connectivity index (χ4v) is 4.80. The molecule has 150 valence electrons. The molecule has 0 spiro atoms. The van der Waals surface area contributed by atoms with Crippen LogP contribution in [0, 0.1) is 0 Å². The fourth-order valence-electron chi connectivity index (χ4n) is 3.79. The number of hydrogen-bond donors (Lipinski definition) is 2. The Bertz CT molecular complexity index is 987. The van der Waals surface area contributed by atoms with Crippen LogP contribution in [-0.4, -0.2) is 29.0 Å². The molecule has 29 heavy (non-hydrogen) atoms. The topological polar surface area (TPSA) is 52.6 Å². The molecule has 0 fully saturated rings. The van der Waals surface area contributed by atoms with Crippen LogP contribution < -0.4 is 5.32 Å². The van der Waals surface area contributed by atoms with Gasteiger partial charge >= 0.3 is 0 Å². The second-order valence-corrected chi connectivity index (χ2v) is 8.70. The van der Waals surface area contributed by atoms with Crippen LogP contribution in [-0.2, 0) is 24.2 Å². The van der Waals surface area contributed by atoms with Gasteiger partial charge in [-0.05, 0) is 47.2 Å². The van der Waals surface area contributed by atoms with Crippen LogP contribution in [0.4, 0.5) is 0 Å². The van der Waals surface area contributed by atoms with Gasteiger partial charge in [-0.25, -0.2) is 0 Å². The van der Waals surface area contributed by atoms with Gasteiger partial charge in [-0.2, -0.15) is 0 Å². The van der Waals surface area contributed by atoms with Gasteiger partial charge in [0.05, 0.1) is 12.5 Å². The zero-order chi connectivity index (χ0) is 20.2. The van der Waals surface area contributed by atoms with Gasteiger partial charge in [-0.1, -0.05) is 41.9 Å². The summed E-state index contributed by atoms with van der Waals surface area (Å²) in [6, 6.07) is 17.1. The highest BCUT2D eigenvalue weighted by Crippen LogP contribution is 2.30. The minimum Gasteiger partial charge on any atom is -0.508 e. The Kier molecular flexibility index (Phi) is 6.19. The highest BCUT2D eigenvalue weighted by atomic mass is 35.5. The number of thiophene rings is 1. The number of hydrogen-bond acceptors (Lipinski definition) is 4. The number of fused-ring (bicyclic) bond motifs is 1. The van der Waals surface area contributed by atoms with Crippen molar-refractivity contribution in [1.82, 2.24) is 10.2 Å². The number of para-hydroxylation sites is 1. The van der Waals surface area contributed by atoms with E-state index in [1.165, 1.54) is 10.4 Å². The van der Waals surface area contributed by atoms with E-state index in [4.69, 9.17) is 11.6 Å². The Morgan fingerprint density at radius 3 is 2.76 bits per heavy atom. The largest absolute Gasteiger partial charge is 0.508 e. The molecule has 6 heteroatoms. The SMILES string of the molecule is O=C(Cc1ccccc1O)NCC(c1ccc(Cl)cc1)N1CCc2sccc2C1. The number of nitrogens with one attached hydrogen (secondary N) is 1. The lowest BCUT2D eigenvalue weighted by atomic mass is 10.0. The summed E-state index contributed by atoms with van der Waals surface area (Å²) in [7, 11) is 0. The Hall–Kier alpha value is -2.34. The molecule has 0 bridgehead atoms. The number of carbonyl (C=O) groups is 1.